The summed E-state index contributed by atoms with van der Waals surface area (Å²) >= 11 is 0. The summed E-state index contributed by atoms with van der Waals surface area (Å²) < 4.78 is 0. The van der Waals surface area contributed by atoms with Crippen molar-refractivity contribution in [2.24, 2.45) is 5.18 Å². The minimum atomic E-state index is 0.520. The van der Waals surface area contributed by atoms with Gasteiger partial charge in [-0.15, -0.1) is 4.91 Å². The molecule has 0 N–H and O–H groups in total. The molecule has 3 heteroatoms. The number of rotatable bonds is 4. The Hall–Kier alpha value is -1.38. The van der Waals surface area contributed by atoms with Crippen molar-refractivity contribution in [2.75, 3.05) is 18.0 Å². The third-order valence-electron chi connectivity index (χ3n) is 2.08. The lowest BCUT2D eigenvalue weighted by Gasteiger charge is -2.21. The fraction of sp³-hybridized carbons (Fsp3) is 0.400. The maximum Gasteiger partial charge on any atom is 0.131 e. The van der Waals surface area contributed by atoms with Crippen molar-refractivity contribution in [3.63, 3.8) is 0 Å². The lowest BCUT2D eigenvalue weighted by atomic mass is 10.2. The molecule has 13 heavy (non-hydrogen) atoms. The van der Waals surface area contributed by atoms with Crippen LogP contribution in [0.3, 0.4) is 0 Å². The third kappa shape index (κ3) is 2.05. The van der Waals surface area contributed by atoms with Crippen molar-refractivity contribution in [3.05, 3.63) is 29.2 Å². The van der Waals surface area contributed by atoms with Crippen LogP contribution in [0.1, 0.15) is 13.8 Å². The Morgan fingerprint density at radius 1 is 1.23 bits per heavy atom. The predicted octanol–water partition coefficient (Wildman–Crippen LogP) is 2.93. The second kappa shape index (κ2) is 4.60. The summed E-state index contributed by atoms with van der Waals surface area (Å²) in [5.41, 5.74) is 1.44. The lowest BCUT2D eigenvalue weighted by molar-refractivity contribution is 0.866. The Bertz CT molecular complexity index is 282. The average molecular weight is 178 g/mol. The van der Waals surface area contributed by atoms with Gasteiger partial charge in [-0.05, 0) is 31.2 Å². The highest BCUT2D eigenvalue weighted by molar-refractivity contribution is 5.66. The van der Waals surface area contributed by atoms with Gasteiger partial charge < -0.3 is 4.90 Å². The van der Waals surface area contributed by atoms with E-state index in [2.05, 4.69) is 23.9 Å². The Balaban J connectivity index is 3.03. The van der Waals surface area contributed by atoms with Crippen molar-refractivity contribution in [2.45, 2.75) is 13.8 Å². The zero-order valence-corrected chi connectivity index (χ0v) is 8.03. The van der Waals surface area contributed by atoms with Crippen LogP contribution in [-0.4, -0.2) is 13.1 Å². The van der Waals surface area contributed by atoms with Crippen LogP contribution < -0.4 is 4.90 Å². The Kier molecular flexibility index (Phi) is 3.43. The summed E-state index contributed by atoms with van der Waals surface area (Å²) in [5.74, 6) is 0. The first-order chi connectivity index (χ1) is 6.33. The fourth-order valence-electron chi connectivity index (χ4n) is 1.37. The first-order valence-electron chi connectivity index (χ1n) is 4.50. The predicted molar refractivity (Wildman–Crippen MR) is 55.5 cm³/mol. The van der Waals surface area contributed by atoms with Gasteiger partial charge in [0.1, 0.15) is 5.69 Å². The van der Waals surface area contributed by atoms with Crippen molar-refractivity contribution in [1.29, 1.82) is 0 Å². The van der Waals surface area contributed by atoms with Gasteiger partial charge in [-0.3, -0.25) is 0 Å². The number of nitroso groups, excluding NO2 is 1. The number of hydrogen-bond donors (Lipinski definition) is 0. The first-order valence-corrected chi connectivity index (χ1v) is 4.50. The van der Waals surface area contributed by atoms with Gasteiger partial charge in [0.15, 0.2) is 0 Å². The molecular formula is C10H14N2O. The number of hydrogen-bond acceptors (Lipinski definition) is 3. The zero-order chi connectivity index (χ0) is 9.68. The summed E-state index contributed by atoms with van der Waals surface area (Å²) in [7, 11) is 0. The molecule has 0 unspecified atom stereocenters. The van der Waals surface area contributed by atoms with Crippen LogP contribution in [0, 0.1) is 4.91 Å². The highest BCUT2D eigenvalue weighted by Crippen LogP contribution is 2.27. The highest BCUT2D eigenvalue weighted by Gasteiger charge is 2.06. The van der Waals surface area contributed by atoms with Crippen LogP contribution in [0.5, 0.6) is 0 Å². The molecule has 0 aliphatic rings. The molecule has 0 bridgehead atoms. The number of benzene rings is 1. The van der Waals surface area contributed by atoms with Gasteiger partial charge in [-0.25, -0.2) is 0 Å². The Labute approximate surface area is 78.3 Å². The summed E-state index contributed by atoms with van der Waals surface area (Å²) in [5, 5.41) is 3.00. The van der Waals surface area contributed by atoms with Gasteiger partial charge in [0.2, 0.25) is 0 Å². The Morgan fingerprint density at radius 2 is 1.85 bits per heavy atom. The van der Waals surface area contributed by atoms with E-state index in [1.807, 2.05) is 18.2 Å². The van der Waals surface area contributed by atoms with Crippen molar-refractivity contribution < 1.29 is 0 Å². The molecule has 0 saturated heterocycles. The fourth-order valence-corrected chi connectivity index (χ4v) is 1.37. The summed E-state index contributed by atoms with van der Waals surface area (Å²) in [6.45, 7) is 5.90. The molecule has 0 aromatic heterocycles. The molecule has 0 amide bonds. The zero-order valence-electron chi connectivity index (χ0n) is 8.03. The molecule has 0 aliphatic heterocycles. The minimum absolute atomic E-state index is 0.520. The molecule has 0 saturated carbocycles. The van der Waals surface area contributed by atoms with Gasteiger partial charge in [-0.1, -0.05) is 12.1 Å². The maximum absolute atomic E-state index is 10.5. The molecule has 0 heterocycles. The highest BCUT2D eigenvalue weighted by atomic mass is 16.3. The summed E-state index contributed by atoms with van der Waals surface area (Å²) in [6.07, 6.45) is 0. The first kappa shape index (κ1) is 9.71. The molecule has 0 aliphatic carbocycles. The molecule has 3 nitrogen and oxygen atoms in total. The van der Waals surface area contributed by atoms with Crippen molar-refractivity contribution >= 4 is 11.4 Å². The van der Waals surface area contributed by atoms with Gasteiger partial charge in [-0.2, -0.15) is 0 Å². The van der Waals surface area contributed by atoms with Crippen LogP contribution >= 0.6 is 0 Å². The van der Waals surface area contributed by atoms with E-state index < -0.39 is 0 Å². The molecule has 0 radical (unpaired) electrons. The van der Waals surface area contributed by atoms with Crippen LogP contribution in [0.15, 0.2) is 29.4 Å². The summed E-state index contributed by atoms with van der Waals surface area (Å²) in [6, 6.07) is 7.40. The number of anilines is 1. The second-order valence-corrected chi connectivity index (χ2v) is 2.75. The molecule has 0 fully saturated rings. The van der Waals surface area contributed by atoms with Crippen molar-refractivity contribution in [3.8, 4) is 0 Å². The molecule has 0 atom stereocenters. The van der Waals surface area contributed by atoms with E-state index in [0.29, 0.717) is 5.69 Å². The molecule has 1 aromatic carbocycles. The summed E-state index contributed by atoms with van der Waals surface area (Å²) in [4.78, 5) is 12.6. The van der Waals surface area contributed by atoms with Gasteiger partial charge in [0, 0.05) is 13.1 Å². The van der Waals surface area contributed by atoms with Gasteiger partial charge in [0.05, 0.1) is 5.69 Å². The number of nitrogens with zero attached hydrogens (tertiary/aromatic N) is 2. The van der Waals surface area contributed by atoms with E-state index in [4.69, 9.17) is 0 Å². The quantitative estimate of drug-likeness (QED) is 0.664. The molecule has 0 spiro atoms. The topological polar surface area (TPSA) is 32.7 Å². The van der Waals surface area contributed by atoms with E-state index >= 15 is 0 Å². The SMILES string of the molecule is CCN(CC)c1ccccc1N=O. The van der Waals surface area contributed by atoms with E-state index in [1.54, 1.807) is 6.07 Å². The number of para-hydroxylation sites is 1. The van der Waals surface area contributed by atoms with Crippen LogP contribution in [0.25, 0.3) is 0 Å². The van der Waals surface area contributed by atoms with Crippen LogP contribution in [0.2, 0.25) is 0 Å². The van der Waals surface area contributed by atoms with Crippen LogP contribution in [0.4, 0.5) is 11.4 Å². The largest absolute Gasteiger partial charge is 0.370 e. The smallest absolute Gasteiger partial charge is 0.131 e. The minimum Gasteiger partial charge on any atom is -0.370 e. The Morgan fingerprint density at radius 3 is 2.38 bits per heavy atom. The molecular weight excluding hydrogens is 164 g/mol. The molecule has 1 aromatic rings. The van der Waals surface area contributed by atoms with E-state index in [0.717, 1.165) is 18.8 Å². The van der Waals surface area contributed by atoms with Crippen LogP contribution in [-0.2, 0) is 0 Å². The average Bonchev–Trinajstić information content (AvgIpc) is 2.20. The molecule has 70 valence electrons. The van der Waals surface area contributed by atoms with E-state index in [1.165, 1.54) is 0 Å². The standard InChI is InChI=1S/C10H14N2O/c1-3-12(4-2)10-8-6-5-7-9(10)11-13/h5-8H,3-4H2,1-2H3. The van der Waals surface area contributed by atoms with E-state index in [9.17, 15) is 4.91 Å². The maximum atomic E-state index is 10.5. The van der Waals surface area contributed by atoms with Gasteiger partial charge >= 0.3 is 0 Å². The monoisotopic (exact) mass is 178 g/mol. The molecule has 1 rings (SSSR count). The van der Waals surface area contributed by atoms with E-state index in [-0.39, 0.29) is 0 Å². The lowest BCUT2D eigenvalue weighted by Crippen LogP contribution is -2.21. The third-order valence-corrected chi connectivity index (χ3v) is 2.08. The van der Waals surface area contributed by atoms with Crippen molar-refractivity contribution in [1.82, 2.24) is 0 Å². The van der Waals surface area contributed by atoms with Gasteiger partial charge in [0.25, 0.3) is 0 Å². The second-order valence-electron chi connectivity index (χ2n) is 2.75. The normalized spacial score (nSPS) is 9.69.